The van der Waals surface area contributed by atoms with Gasteiger partial charge in [-0.05, 0) is 31.0 Å². The molecule has 1 N–H and O–H groups in total. The maximum Gasteiger partial charge on any atom is 0.416 e. The van der Waals surface area contributed by atoms with E-state index in [4.69, 9.17) is 0 Å². The molecule has 0 bridgehead atoms. The van der Waals surface area contributed by atoms with Crippen LogP contribution in [0.5, 0.6) is 0 Å². The molecule has 1 saturated carbocycles. The van der Waals surface area contributed by atoms with Crippen LogP contribution < -0.4 is 5.32 Å². The Morgan fingerprint density at radius 2 is 2.09 bits per heavy atom. The topological polar surface area (TPSA) is 46.9 Å². The number of alkyl halides is 3. The van der Waals surface area contributed by atoms with E-state index in [1.165, 1.54) is 18.6 Å². The van der Waals surface area contributed by atoms with Gasteiger partial charge in [-0.15, -0.1) is 0 Å². The molecule has 0 radical (unpaired) electrons. The first kappa shape index (κ1) is 14.6. The van der Waals surface area contributed by atoms with E-state index in [2.05, 4.69) is 10.3 Å². The second-order valence-corrected chi connectivity index (χ2v) is 5.32. The second-order valence-electron chi connectivity index (χ2n) is 5.32. The first-order valence-corrected chi connectivity index (χ1v) is 6.95. The minimum atomic E-state index is -4.45. The number of amides is 1. The van der Waals surface area contributed by atoms with Crippen molar-refractivity contribution in [1.82, 2.24) is 9.55 Å². The zero-order chi connectivity index (χ0) is 15.7. The van der Waals surface area contributed by atoms with E-state index in [0.29, 0.717) is 5.69 Å². The van der Waals surface area contributed by atoms with Crippen LogP contribution in [-0.2, 0) is 11.0 Å². The Morgan fingerprint density at radius 1 is 1.32 bits per heavy atom. The first-order valence-electron chi connectivity index (χ1n) is 6.95. The number of nitrogens with zero attached hydrogens (tertiary/aromatic N) is 2. The van der Waals surface area contributed by atoms with Gasteiger partial charge in [-0.2, -0.15) is 13.2 Å². The molecule has 1 amide bonds. The molecule has 7 heteroatoms. The molecule has 4 nitrogen and oxygen atoms in total. The van der Waals surface area contributed by atoms with Gasteiger partial charge in [0.15, 0.2) is 0 Å². The third-order valence-corrected chi connectivity index (χ3v) is 3.84. The Morgan fingerprint density at radius 3 is 2.64 bits per heavy atom. The number of benzene rings is 1. The van der Waals surface area contributed by atoms with Crippen LogP contribution in [0.3, 0.4) is 0 Å². The lowest BCUT2D eigenvalue weighted by atomic mass is 9.85. The molecule has 1 heterocycles. The molecule has 116 valence electrons. The molecule has 3 rings (SSSR count). The maximum absolute atomic E-state index is 12.9. The highest BCUT2D eigenvalue weighted by Crippen LogP contribution is 2.34. The fourth-order valence-electron chi connectivity index (χ4n) is 2.34. The Balaban J connectivity index is 1.97. The number of imidazole rings is 1. The van der Waals surface area contributed by atoms with Crippen molar-refractivity contribution in [3.8, 4) is 5.69 Å². The average Bonchev–Trinajstić information content (AvgIpc) is 2.89. The minimum absolute atomic E-state index is 0.106. The molecular weight excluding hydrogens is 295 g/mol. The number of nitrogens with one attached hydrogen (secondary N) is 1. The zero-order valence-electron chi connectivity index (χ0n) is 11.6. The van der Waals surface area contributed by atoms with Crippen LogP contribution in [0.4, 0.5) is 18.9 Å². The van der Waals surface area contributed by atoms with Gasteiger partial charge in [-0.3, -0.25) is 4.79 Å². The lowest BCUT2D eigenvalue weighted by Crippen LogP contribution is -2.28. The van der Waals surface area contributed by atoms with Gasteiger partial charge in [0, 0.05) is 18.3 Å². The van der Waals surface area contributed by atoms with Crippen molar-refractivity contribution in [1.29, 1.82) is 0 Å². The monoisotopic (exact) mass is 309 g/mol. The summed E-state index contributed by atoms with van der Waals surface area (Å²) in [6, 6.07) is 3.29. The molecule has 0 saturated heterocycles. The highest BCUT2D eigenvalue weighted by atomic mass is 19.4. The molecule has 0 spiro atoms. The summed E-state index contributed by atoms with van der Waals surface area (Å²) in [6.45, 7) is 0. The van der Waals surface area contributed by atoms with Crippen molar-refractivity contribution >= 4 is 11.6 Å². The van der Waals surface area contributed by atoms with Gasteiger partial charge in [0.1, 0.15) is 0 Å². The van der Waals surface area contributed by atoms with Crippen molar-refractivity contribution < 1.29 is 18.0 Å². The van der Waals surface area contributed by atoms with Crippen LogP contribution in [0.2, 0.25) is 0 Å². The molecule has 0 atom stereocenters. The summed E-state index contributed by atoms with van der Waals surface area (Å²) < 4.78 is 40.2. The summed E-state index contributed by atoms with van der Waals surface area (Å²) in [5.41, 5.74) is -0.192. The molecule has 22 heavy (non-hydrogen) atoms. The highest BCUT2D eigenvalue weighted by Gasteiger charge is 2.32. The molecule has 1 aliphatic carbocycles. The molecule has 0 unspecified atom stereocenters. The Hall–Kier alpha value is -2.31. The lowest BCUT2D eigenvalue weighted by Gasteiger charge is -2.25. The van der Waals surface area contributed by atoms with Crippen LogP contribution in [0.1, 0.15) is 24.8 Å². The second kappa shape index (κ2) is 5.47. The van der Waals surface area contributed by atoms with E-state index in [9.17, 15) is 18.0 Å². The van der Waals surface area contributed by atoms with Gasteiger partial charge in [0.2, 0.25) is 5.91 Å². The number of carbonyl (C=O) groups is 1. The summed E-state index contributed by atoms with van der Waals surface area (Å²) in [4.78, 5) is 15.9. The van der Waals surface area contributed by atoms with E-state index in [1.54, 1.807) is 10.8 Å². The zero-order valence-corrected chi connectivity index (χ0v) is 11.6. The van der Waals surface area contributed by atoms with E-state index in [0.717, 1.165) is 31.4 Å². The highest BCUT2D eigenvalue weighted by molar-refractivity contribution is 5.95. The van der Waals surface area contributed by atoms with Gasteiger partial charge >= 0.3 is 6.18 Å². The van der Waals surface area contributed by atoms with Gasteiger partial charge in [0.05, 0.1) is 23.3 Å². The fourth-order valence-corrected chi connectivity index (χ4v) is 2.34. The summed E-state index contributed by atoms with van der Waals surface area (Å²) in [5, 5.41) is 2.63. The van der Waals surface area contributed by atoms with Crippen LogP contribution >= 0.6 is 0 Å². The van der Waals surface area contributed by atoms with E-state index >= 15 is 0 Å². The van der Waals surface area contributed by atoms with E-state index in [1.807, 2.05) is 0 Å². The number of anilines is 1. The normalized spacial score (nSPS) is 15.4. The van der Waals surface area contributed by atoms with Crippen molar-refractivity contribution in [3.05, 3.63) is 42.5 Å². The SMILES string of the molecule is O=C(Nc1cc(C(F)(F)F)ccc1-n1ccnc1)C1CCC1. The van der Waals surface area contributed by atoms with Crippen LogP contribution in [-0.4, -0.2) is 15.5 Å². The van der Waals surface area contributed by atoms with Crippen molar-refractivity contribution in [2.45, 2.75) is 25.4 Å². The Bertz CT molecular complexity index is 676. The first-order chi connectivity index (χ1) is 10.4. The van der Waals surface area contributed by atoms with Crippen LogP contribution in [0, 0.1) is 5.92 Å². The van der Waals surface area contributed by atoms with Crippen molar-refractivity contribution in [2.75, 3.05) is 5.32 Å². The van der Waals surface area contributed by atoms with Crippen molar-refractivity contribution in [2.24, 2.45) is 5.92 Å². The summed E-state index contributed by atoms with van der Waals surface area (Å²) in [5.74, 6) is -0.336. The number of halogens is 3. The quantitative estimate of drug-likeness (QED) is 0.941. The molecule has 1 aromatic heterocycles. The van der Waals surface area contributed by atoms with Crippen LogP contribution in [0.25, 0.3) is 5.69 Å². The fraction of sp³-hybridized carbons (Fsp3) is 0.333. The largest absolute Gasteiger partial charge is 0.416 e. The smallest absolute Gasteiger partial charge is 0.324 e. The molecule has 1 aliphatic rings. The Labute approximate surface area is 125 Å². The number of hydrogen-bond donors (Lipinski definition) is 1. The standard InChI is InChI=1S/C15H14F3N3O/c16-15(17,18)11-4-5-13(21-7-6-19-9-21)12(8-11)20-14(22)10-2-1-3-10/h4-10H,1-3H2,(H,20,22). The number of aromatic nitrogens is 2. The van der Waals surface area contributed by atoms with Gasteiger partial charge < -0.3 is 9.88 Å². The molecule has 2 aromatic rings. The lowest BCUT2D eigenvalue weighted by molar-refractivity contribution is -0.137. The predicted molar refractivity (Wildman–Crippen MR) is 74.5 cm³/mol. The van der Waals surface area contributed by atoms with E-state index in [-0.39, 0.29) is 17.5 Å². The van der Waals surface area contributed by atoms with Gasteiger partial charge in [-0.1, -0.05) is 6.42 Å². The average molecular weight is 309 g/mol. The number of carbonyl (C=O) groups excluding carboxylic acids is 1. The van der Waals surface area contributed by atoms with Gasteiger partial charge in [-0.25, -0.2) is 4.98 Å². The predicted octanol–water partition coefficient (Wildman–Crippen LogP) is 3.63. The molecule has 1 fully saturated rings. The number of hydrogen-bond acceptors (Lipinski definition) is 2. The minimum Gasteiger partial charge on any atom is -0.324 e. The summed E-state index contributed by atoms with van der Waals surface area (Å²) in [7, 11) is 0. The third-order valence-electron chi connectivity index (χ3n) is 3.84. The summed E-state index contributed by atoms with van der Waals surface area (Å²) >= 11 is 0. The van der Waals surface area contributed by atoms with Gasteiger partial charge in [0.25, 0.3) is 0 Å². The number of rotatable bonds is 3. The van der Waals surface area contributed by atoms with E-state index < -0.39 is 11.7 Å². The van der Waals surface area contributed by atoms with Crippen molar-refractivity contribution in [3.63, 3.8) is 0 Å². The Kier molecular flexibility index (Phi) is 3.64. The molecular formula is C15H14F3N3O. The maximum atomic E-state index is 12.9. The molecule has 1 aromatic carbocycles. The third kappa shape index (κ3) is 2.84. The summed E-state index contributed by atoms with van der Waals surface area (Å²) in [6.07, 6.45) is 2.70. The van der Waals surface area contributed by atoms with Crippen LogP contribution in [0.15, 0.2) is 36.9 Å². The molecule has 0 aliphatic heterocycles.